The topological polar surface area (TPSA) is 32.8 Å². The van der Waals surface area contributed by atoms with E-state index in [4.69, 9.17) is 17.0 Å². The van der Waals surface area contributed by atoms with Crippen LogP contribution in [0.15, 0.2) is 84.9 Å². The van der Waals surface area contributed by atoms with Crippen molar-refractivity contribution in [2.75, 3.05) is 16.3 Å². The lowest BCUT2D eigenvalue weighted by atomic mass is 10.2. The zero-order valence-corrected chi connectivity index (χ0v) is 15.4. The molecule has 0 unspecified atom stereocenters. The van der Waals surface area contributed by atoms with E-state index in [1.54, 1.807) is 4.90 Å². The van der Waals surface area contributed by atoms with Crippen LogP contribution in [-0.4, -0.2) is 17.6 Å². The normalized spacial score (nSPS) is 13.9. The van der Waals surface area contributed by atoms with Gasteiger partial charge in [0.2, 0.25) is 0 Å². The highest BCUT2D eigenvalue weighted by Gasteiger charge is 2.34. The van der Waals surface area contributed by atoms with Crippen LogP contribution in [0.1, 0.15) is 5.56 Å². The molecule has 0 radical (unpaired) electrons. The molecule has 0 bridgehead atoms. The lowest BCUT2D eigenvalue weighted by Gasteiger charge is -2.20. The predicted octanol–water partition coefficient (Wildman–Crippen LogP) is 4.40. The van der Waals surface area contributed by atoms with E-state index in [-0.39, 0.29) is 12.5 Å². The first-order valence-corrected chi connectivity index (χ1v) is 9.09. The van der Waals surface area contributed by atoms with Gasteiger partial charge >= 0.3 is 0 Å². The monoisotopic (exact) mass is 374 g/mol. The van der Waals surface area contributed by atoms with Gasteiger partial charge in [-0.2, -0.15) is 0 Å². The van der Waals surface area contributed by atoms with Gasteiger partial charge in [0, 0.05) is 5.69 Å². The van der Waals surface area contributed by atoms with Gasteiger partial charge in [0.1, 0.15) is 18.9 Å². The molecule has 0 aliphatic carbocycles. The van der Waals surface area contributed by atoms with Gasteiger partial charge in [-0.1, -0.05) is 48.5 Å². The second kappa shape index (κ2) is 7.60. The summed E-state index contributed by atoms with van der Waals surface area (Å²) in [6, 6.07) is 27.1. The summed E-state index contributed by atoms with van der Waals surface area (Å²) in [6.07, 6.45) is 0. The molecule has 0 spiro atoms. The molecule has 3 aromatic carbocycles. The fourth-order valence-electron chi connectivity index (χ4n) is 3.00. The minimum absolute atomic E-state index is 0.0400. The van der Waals surface area contributed by atoms with Crippen LogP contribution in [0.4, 0.5) is 11.4 Å². The fraction of sp³-hybridized carbons (Fsp3) is 0.0909. The Kier molecular flexibility index (Phi) is 4.85. The molecule has 3 aromatic rings. The smallest absolute Gasteiger partial charge is 0.253 e. The Balaban J connectivity index is 1.47. The maximum Gasteiger partial charge on any atom is 0.253 e. The standard InChI is InChI=1S/C22H18N2O2S/c25-21-15-23(18-9-5-2-6-10-18)22(27)24(21)19-11-13-20(14-12-19)26-16-17-7-3-1-4-8-17/h1-14H,15-16H2. The Morgan fingerprint density at radius 1 is 0.815 bits per heavy atom. The maximum absolute atomic E-state index is 12.5. The van der Waals surface area contributed by atoms with Crippen LogP contribution in [0.3, 0.4) is 0 Å². The first-order chi connectivity index (χ1) is 13.2. The number of thiocarbonyl (C=S) groups is 1. The van der Waals surface area contributed by atoms with Gasteiger partial charge in [-0.25, -0.2) is 0 Å². The molecular formula is C22H18N2O2S. The predicted molar refractivity (Wildman–Crippen MR) is 111 cm³/mol. The SMILES string of the molecule is O=C1CN(c2ccccc2)C(=S)N1c1ccc(OCc2ccccc2)cc1. The average Bonchev–Trinajstić information content (AvgIpc) is 3.02. The molecule has 0 atom stereocenters. The van der Waals surface area contributed by atoms with E-state index in [1.807, 2.05) is 89.8 Å². The molecule has 1 aliphatic rings. The molecule has 4 nitrogen and oxygen atoms in total. The van der Waals surface area contributed by atoms with E-state index in [1.165, 1.54) is 0 Å². The van der Waals surface area contributed by atoms with Crippen LogP contribution in [0.25, 0.3) is 0 Å². The van der Waals surface area contributed by atoms with Crippen LogP contribution in [0, 0.1) is 0 Å². The molecule has 1 fully saturated rings. The van der Waals surface area contributed by atoms with Crippen molar-refractivity contribution in [2.24, 2.45) is 0 Å². The number of ether oxygens (including phenoxy) is 1. The lowest BCUT2D eigenvalue weighted by molar-refractivity contribution is -0.115. The number of nitrogens with zero attached hydrogens (tertiary/aromatic N) is 2. The van der Waals surface area contributed by atoms with Crippen LogP contribution in [-0.2, 0) is 11.4 Å². The first-order valence-electron chi connectivity index (χ1n) is 8.69. The molecule has 1 amide bonds. The third-order valence-corrected chi connectivity index (χ3v) is 4.78. The number of carbonyl (C=O) groups is 1. The van der Waals surface area contributed by atoms with E-state index < -0.39 is 0 Å². The van der Waals surface area contributed by atoms with Gasteiger partial charge in [-0.05, 0) is 54.2 Å². The van der Waals surface area contributed by atoms with Crippen molar-refractivity contribution in [3.05, 3.63) is 90.5 Å². The van der Waals surface area contributed by atoms with Gasteiger partial charge in [0.05, 0.1) is 5.69 Å². The molecule has 4 rings (SSSR count). The van der Waals surface area contributed by atoms with Crippen LogP contribution < -0.4 is 14.5 Å². The molecule has 1 heterocycles. The summed E-state index contributed by atoms with van der Waals surface area (Å²) < 4.78 is 5.81. The summed E-state index contributed by atoms with van der Waals surface area (Å²) in [5, 5.41) is 0.490. The van der Waals surface area contributed by atoms with E-state index in [2.05, 4.69) is 0 Å². The lowest BCUT2D eigenvalue weighted by Crippen LogP contribution is -2.32. The molecule has 1 aliphatic heterocycles. The van der Waals surface area contributed by atoms with E-state index in [9.17, 15) is 4.79 Å². The molecular weight excluding hydrogens is 356 g/mol. The number of anilines is 2. The molecule has 0 N–H and O–H groups in total. The number of rotatable bonds is 5. The molecule has 0 saturated carbocycles. The molecule has 1 saturated heterocycles. The van der Waals surface area contributed by atoms with Crippen molar-refractivity contribution in [1.29, 1.82) is 0 Å². The molecule has 27 heavy (non-hydrogen) atoms. The summed E-state index contributed by atoms with van der Waals surface area (Å²) in [5.41, 5.74) is 2.77. The minimum atomic E-state index is -0.0400. The molecule has 5 heteroatoms. The van der Waals surface area contributed by atoms with Crippen molar-refractivity contribution in [3.8, 4) is 5.75 Å². The highest BCUT2D eigenvalue weighted by Crippen LogP contribution is 2.27. The summed E-state index contributed by atoms with van der Waals surface area (Å²) in [6.45, 7) is 0.748. The quantitative estimate of drug-likeness (QED) is 0.620. The third kappa shape index (κ3) is 3.68. The third-order valence-electron chi connectivity index (χ3n) is 4.38. The van der Waals surface area contributed by atoms with Gasteiger partial charge in [-0.15, -0.1) is 0 Å². The fourth-order valence-corrected chi connectivity index (χ4v) is 3.37. The zero-order valence-electron chi connectivity index (χ0n) is 14.6. The highest BCUT2D eigenvalue weighted by atomic mass is 32.1. The Morgan fingerprint density at radius 3 is 2.11 bits per heavy atom. The number of amides is 1. The summed E-state index contributed by atoms with van der Waals surface area (Å²) in [5.74, 6) is 0.710. The Hall–Kier alpha value is -3.18. The highest BCUT2D eigenvalue weighted by molar-refractivity contribution is 7.81. The van der Waals surface area contributed by atoms with Crippen LogP contribution >= 0.6 is 12.2 Å². The Morgan fingerprint density at radius 2 is 1.44 bits per heavy atom. The average molecular weight is 374 g/mol. The van der Waals surface area contributed by atoms with E-state index in [0.29, 0.717) is 11.7 Å². The van der Waals surface area contributed by atoms with Crippen molar-refractivity contribution >= 4 is 34.6 Å². The second-order valence-electron chi connectivity index (χ2n) is 6.20. The number of benzene rings is 3. The number of para-hydroxylation sites is 1. The van der Waals surface area contributed by atoms with Crippen molar-refractivity contribution in [2.45, 2.75) is 6.61 Å². The Labute approximate surface area is 163 Å². The summed E-state index contributed by atoms with van der Waals surface area (Å²) >= 11 is 5.55. The van der Waals surface area contributed by atoms with Gasteiger partial charge in [0.25, 0.3) is 5.91 Å². The zero-order chi connectivity index (χ0) is 18.6. The van der Waals surface area contributed by atoms with Crippen molar-refractivity contribution < 1.29 is 9.53 Å². The molecule has 134 valence electrons. The molecule has 0 aromatic heterocycles. The van der Waals surface area contributed by atoms with Crippen molar-refractivity contribution in [1.82, 2.24) is 0 Å². The van der Waals surface area contributed by atoms with E-state index in [0.717, 1.165) is 22.7 Å². The van der Waals surface area contributed by atoms with Gasteiger partial charge < -0.3 is 9.64 Å². The minimum Gasteiger partial charge on any atom is -0.489 e. The second-order valence-corrected chi connectivity index (χ2v) is 6.57. The van der Waals surface area contributed by atoms with Crippen molar-refractivity contribution in [3.63, 3.8) is 0 Å². The largest absolute Gasteiger partial charge is 0.489 e. The Bertz CT molecular complexity index is 943. The summed E-state index contributed by atoms with van der Waals surface area (Å²) in [7, 11) is 0. The van der Waals surface area contributed by atoms with Gasteiger partial charge in [0.15, 0.2) is 5.11 Å². The van der Waals surface area contributed by atoms with Gasteiger partial charge in [-0.3, -0.25) is 9.69 Å². The number of hydrogen-bond acceptors (Lipinski definition) is 3. The number of hydrogen-bond donors (Lipinski definition) is 0. The first kappa shape index (κ1) is 17.2. The van der Waals surface area contributed by atoms with Crippen LogP contribution in [0.5, 0.6) is 5.75 Å². The maximum atomic E-state index is 12.5. The van der Waals surface area contributed by atoms with E-state index >= 15 is 0 Å². The summed E-state index contributed by atoms with van der Waals surface area (Å²) in [4.78, 5) is 15.9. The van der Waals surface area contributed by atoms with Crippen LogP contribution in [0.2, 0.25) is 0 Å². The number of carbonyl (C=O) groups excluding carboxylic acids is 1.